The van der Waals surface area contributed by atoms with Crippen molar-refractivity contribution in [1.82, 2.24) is 4.98 Å². The molecule has 2 nitrogen and oxygen atoms in total. The summed E-state index contributed by atoms with van der Waals surface area (Å²) in [5, 5.41) is 0. The molecule has 0 N–H and O–H groups in total. The Bertz CT molecular complexity index is 327. The molecule has 0 spiro atoms. The third-order valence-corrected chi connectivity index (χ3v) is 1.63. The lowest BCUT2D eigenvalue weighted by Gasteiger charge is -2.03. The van der Waals surface area contributed by atoms with Crippen molar-refractivity contribution in [1.29, 1.82) is 0 Å². The van der Waals surface area contributed by atoms with Crippen molar-refractivity contribution in [3.05, 3.63) is 54.9 Å². The van der Waals surface area contributed by atoms with Crippen LogP contribution in [-0.4, -0.2) is 11.6 Å². The standard InChI is InChI=1S/C11H9NO.C2H6.CH5P/c1-2-4-10(5-3-1)13-11-6-8-12-9-7-11;2*1-2/h1-9H;1-2H3;2H2,1H3. The number of pyridine rings is 1. The smallest absolute Gasteiger partial charge is 0.130 e. The van der Waals surface area contributed by atoms with Gasteiger partial charge in [0, 0.05) is 12.4 Å². The second-order valence-electron chi connectivity index (χ2n) is 2.60. The number of nitrogens with zero attached hydrogens (tertiary/aromatic N) is 1. The van der Waals surface area contributed by atoms with Crippen molar-refractivity contribution >= 4 is 9.24 Å². The molecule has 0 bridgehead atoms. The zero-order valence-corrected chi connectivity index (χ0v) is 11.8. The minimum Gasteiger partial charge on any atom is -0.457 e. The Morgan fingerprint density at radius 2 is 1.29 bits per heavy atom. The zero-order chi connectivity index (χ0) is 12.9. The minimum absolute atomic E-state index is 0.807. The van der Waals surface area contributed by atoms with E-state index in [1.165, 1.54) is 0 Å². The fourth-order valence-corrected chi connectivity index (χ4v) is 1.03. The van der Waals surface area contributed by atoms with Gasteiger partial charge in [-0.1, -0.05) is 38.7 Å². The van der Waals surface area contributed by atoms with Gasteiger partial charge in [-0.25, -0.2) is 0 Å². The summed E-state index contributed by atoms with van der Waals surface area (Å²) in [6, 6.07) is 13.3. The summed E-state index contributed by atoms with van der Waals surface area (Å²) in [5.74, 6) is 1.65. The first kappa shape index (κ1) is 15.6. The predicted octanol–water partition coefficient (Wildman–Crippen LogP) is 4.39. The maximum atomic E-state index is 5.54. The highest BCUT2D eigenvalue weighted by atomic mass is 31.0. The van der Waals surface area contributed by atoms with Crippen LogP contribution in [-0.2, 0) is 0 Å². The molecule has 0 saturated carbocycles. The molecule has 3 heteroatoms. The molecule has 1 unspecified atom stereocenters. The zero-order valence-electron chi connectivity index (χ0n) is 10.6. The van der Waals surface area contributed by atoms with Crippen LogP contribution in [0.25, 0.3) is 0 Å². The number of para-hydroxylation sites is 1. The van der Waals surface area contributed by atoms with Crippen molar-refractivity contribution < 1.29 is 4.74 Å². The number of ether oxygens (including phenoxy) is 1. The van der Waals surface area contributed by atoms with Crippen LogP contribution in [0.5, 0.6) is 11.5 Å². The van der Waals surface area contributed by atoms with Crippen molar-refractivity contribution in [3.63, 3.8) is 0 Å². The number of aromatic nitrogens is 1. The molecule has 1 heterocycles. The second kappa shape index (κ2) is 11.1. The summed E-state index contributed by atoms with van der Waals surface area (Å²) in [6.45, 7) is 5.92. The van der Waals surface area contributed by atoms with Crippen LogP contribution < -0.4 is 4.74 Å². The van der Waals surface area contributed by atoms with Crippen molar-refractivity contribution in [2.45, 2.75) is 13.8 Å². The third-order valence-electron chi connectivity index (χ3n) is 1.63. The molecule has 1 aromatic carbocycles. The van der Waals surface area contributed by atoms with E-state index in [4.69, 9.17) is 4.74 Å². The van der Waals surface area contributed by atoms with E-state index >= 15 is 0 Å². The van der Waals surface area contributed by atoms with Gasteiger partial charge in [-0.05, 0) is 24.3 Å². The molecule has 0 fully saturated rings. The molecule has 0 saturated heterocycles. The molecule has 0 aliphatic heterocycles. The fraction of sp³-hybridized carbons (Fsp3) is 0.214. The summed E-state index contributed by atoms with van der Waals surface area (Å²) in [4.78, 5) is 3.91. The van der Waals surface area contributed by atoms with E-state index in [9.17, 15) is 0 Å². The number of hydrogen-bond acceptors (Lipinski definition) is 2. The molecule has 1 aromatic heterocycles. The SMILES string of the molecule is CC.CP.c1ccc(Oc2ccncc2)cc1. The number of hydrogen-bond donors (Lipinski definition) is 0. The largest absolute Gasteiger partial charge is 0.457 e. The minimum atomic E-state index is 0.807. The average molecular weight is 249 g/mol. The molecule has 2 rings (SSSR count). The van der Waals surface area contributed by atoms with Crippen LogP contribution in [0.1, 0.15) is 13.8 Å². The first-order chi connectivity index (χ1) is 8.45. The van der Waals surface area contributed by atoms with Crippen LogP contribution in [0.2, 0.25) is 0 Å². The number of benzene rings is 1. The van der Waals surface area contributed by atoms with Gasteiger partial charge in [-0.2, -0.15) is 0 Å². The van der Waals surface area contributed by atoms with Gasteiger partial charge in [0.2, 0.25) is 0 Å². The Morgan fingerprint density at radius 3 is 1.82 bits per heavy atom. The third kappa shape index (κ3) is 6.70. The van der Waals surface area contributed by atoms with Crippen LogP contribution in [0.4, 0.5) is 0 Å². The van der Waals surface area contributed by atoms with Crippen LogP contribution >= 0.6 is 9.24 Å². The molecular formula is C14H20NOP. The highest BCUT2D eigenvalue weighted by Gasteiger charge is 1.92. The van der Waals surface area contributed by atoms with Gasteiger partial charge in [0.1, 0.15) is 11.5 Å². The van der Waals surface area contributed by atoms with E-state index in [2.05, 4.69) is 14.2 Å². The monoisotopic (exact) mass is 249 g/mol. The predicted molar refractivity (Wildman–Crippen MR) is 77.7 cm³/mol. The van der Waals surface area contributed by atoms with Crippen molar-refractivity contribution in [2.75, 3.05) is 6.66 Å². The lowest BCUT2D eigenvalue weighted by atomic mass is 10.3. The maximum Gasteiger partial charge on any atom is 0.130 e. The maximum absolute atomic E-state index is 5.54. The lowest BCUT2D eigenvalue weighted by molar-refractivity contribution is 0.482. The van der Waals surface area contributed by atoms with E-state index in [1.54, 1.807) is 12.4 Å². The quantitative estimate of drug-likeness (QED) is 0.736. The first-order valence-electron chi connectivity index (χ1n) is 5.66. The van der Waals surface area contributed by atoms with Gasteiger partial charge in [-0.3, -0.25) is 4.98 Å². The highest BCUT2D eigenvalue weighted by molar-refractivity contribution is 7.15. The van der Waals surface area contributed by atoms with Crippen LogP contribution in [0.3, 0.4) is 0 Å². The van der Waals surface area contributed by atoms with Crippen molar-refractivity contribution in [2.24, 2.45) is 0 Å². The Kier molecular flexibility index (Phi) is 10.2. The van der Waals surface area contributed by atoms with Gasteiger partial charge in [0.25, 0.3) is 0 Å². The molecule has 92 valence electrons. The van der Waals surface area contributed by atoms with Gasteiger partial charge in [0.05, 0.1) is 0 Å². The van der Waals surface area contributed by atoms with E-state index in [0.717, 1.165) is 11.5 Å². The van der Waals surface area contributed by atoms with E-state index in [0.29, 0.717) is 0 Å². The van der Waals surface area contributed by atoms with Gasteiger partial charge in [-0.15, -0.1) is 9.24 Å². The average Bonchev–Trinajstić information content (AvgIpc) is 2.45. The van der Waals surface area contributed by atoms with E-state index < -0.39 is 0 Å². The molecule has 0 radical (unpaired) electrons. The Hall–Kier alpha value is -1.40. The molecule has 0 aliphatic rings. The normalized spacial score (nSPS) is 8.00. The van der Waals surface area contributed by atoms with Crippen LogP contribution in [0, 0.1) is 0 Å². The summed E-state index contributed by atoms with van der Waals surface area (Å²) in [7, 11) is 2.42. The molecule has 1 atom stereocenters. The van der Waals surface area contributed by atoms with Crippen LogP contribution in [0.15, 0.2) is 54.9 Å². The van der Waals surface area contributed by atoms with Gasteiger partial charge < -0.3 is 4.74 Å². The molecule has 0 amide bonds. The molecule has 2 aromatic rings. The van der Waals surface area contributed by atoms with Gasteiger partial charge >= 0.3 is 0 Å². The Balaban J connectivity index is 0.000000581. The van der Waals surface area contributed by atoms with Crippen molar-refractivity contribution in [3.8, 4) is 11.5 Å². The summed E-state index contributed by atoms with van der Waals surface area (Å²) >= 11 is 0. The molecular weight excluding hydrogens is 229 g/mol. The fourth-order valence-electron chi connectivity index (χ4n) is 1.03. The lowest BCUT2D eigenvalue weighted by Crippen LogP contribution is -1.82. The number of rotatable bonds is 2. The summed E-state index contributed by atoms with van der Waals surface area (Å²) in [5.41, 5.74) is 0. The second-order valence-corrected chi connectivity index (χ2v) is 2.60. The Labute approximate surface area is 106 Å². The molecule has 17 heavy (non-hydrogen) atoms. The molecule has 0 aliphatic carbocycles. The summed E-state index contributed by atoms with van der Waals surface area (Å²) in [6.07, 6.45) is 3.41. The Morgan fingerprint density at radius 1 is 0.824 bits per heavy atom. The first-order valence-corrected chi connectivity index (χ1v) is 6.81. The topological polar surface area (TPSA) is 22.1 Å². The van der Waals surface area contributed by atoms with E-state index in [-0.39, 0.29) is 0 Å². The summed E-state index contributed by atoms with van der Waals surface area (Å²) < 4.78 is 5.54. The van der Waals surface area contributed by atoms with Gasteiger partial charge in [0.15, 0.2) is 0 Å². The highest BCUT2D eigenvalue weighted by Crippen LogP contribution is 2.18. The van der Waals surface area contributed by atoms with E-state index in [1.807, 2.05) is 63.0 Å².